The quantitative estimate of drug-likeness (QED) is 0.409. The van der Waals surface area contributed by atoms with Crippen LogP contribution < -0.4 is 5.32 Å². The summed E-state index contributed by atoms with van der Waals surface area (Å²) in [4.78, 5) is 22.2. The van der Waals surface area contributed by atoms with E-state index < -0.39 is 9.84 Å². The van der Waals surface area contributed by atoms with Gasteiger partial charge in [-0.25, -0.2) is 23.1 Å². The van der Waals surface area contributed by atoms with Gasteiger partial charge in [0.05, 0.1) is 46.2 Å². The van der Waals surface area contributed by atoms with Crippen LogP contribution >= 0.6 is 0 Å². The Morgan fingerprint density at radius 1 is 1.24 bits per heavy atom. The highest BCUT2D eigenvalue weighted by molar-refractivity contribution is 7.91. The van der Waals surface area contributed by atoms with Crippen molar-refractivity contribution in [3.05, 3.63) is 66.4 Å². The van der Waals surface area contributed by atoms with Gasteiger partial charge >= 0.3 is 0 Å². The first-order valence-corrected chi connectivity index (χ1v) is 13.1. The van der Waals surface area contributed by atoms with Gasteiger partial charge in [0.25, 0.3) is 5.91 Å². The number of sulfone groups is 1. The maximum Gasteiger partial charge on any atom is 0.252 e. The molecule has 0 aliphatic carbocycles. The number of aromatic nitrogens is 5. The lowest BCUT2D eigenvalue weighted by Gasteiger charge is -2.12. The third-order valence-corrected chi connectivity index (χ3v) is 7.89. The zero-order valence-electron chi connectivity index (χ0n) is 18.9. The van der Waals surface area contributed by atoms with Gasteiger partial charge in [-0.2, -0.15) is 5.10 Å². The van der Waals surface area contributed by atoms with Crippen molar-refractivity contribution in [2.45, 2.75) is 32.4 Å². The highest BCUT2D eigenvalue weighted by Crippen LogP contribution is 2.32. The second-order valence-electron chi connectivity index (χ2n) is 8.62. The predicted octanol–water partition coefficient (Wildman–Crippen LogP) is 2.78. The lowest BCUT2D eigenvalue weighted by molar-refractivity contribution is 0.0954. The standard InChI is InChI=1S/C24H26N6O3S/c1-17-22-20(24(31)26-9-5-11-29-12-10-25-16-29)14-21(18-6-3-2-4-7-18)27-23(22)30(28-17)19-8-13-34(32,33)15-19/h2-4,6-7,10,12,14,16,19H,5,8-9,11,13,15H2,1H3,(H,26,31)/t19-/m1/s1. The number of nitrogens with one attached hydrogen (secondary N) is 1. The van der Waals surface area contributed by atoms with Crippen LogP contribution in [0.15, 0.2) is 55.1 Å². The Labute approximate surface area is 197 Å². The molecular weight excluding hydrogens is 452 g/mol. The van der Waals surface area contributed by atoms with Gasteiger partial charge in [0.1, 0.15) is 0 Å². The number of pyridine rings is 1. The minimum Gasteiger partial charge on any atom is -0.352 e. The Hall–Kier alpha value is -3.53. The zero-order chi connectivity index (χ0) is 23.7. The second kappa shape index (κ2) is 9.02. The molecular formula is C24H26N6O3S. The molecule has 1 aromatic carbocycles. The molecule has 0 saturated carbocycles. The third kappa shape index (κ3) is 4.45. The Bertz CT molecular complexity index is 1430. The van der Waals surface area contributed by atoms with Crippen LogP contribution in [-0.2, 0) is 16.4 Å². The number of hydrogen-bond acceptors (Lipinski definition) is 6. The van der Waals surface area contributed by atoms with E-state index in [1.807, 2.05) is 48.0 Å². The summed E-state index contributed by atoms with van der Waals surface area (Å²) in [6.45, 7) is 3.10. The van der Waals surface area contributed by atoms with Crippen LogP contribution in [-0.4, -0.2) is 56.7 Å². The lowest BCUT2D eigenvalue weighted by atomic mass is 10.0. The SMILES string of the molecule is Cc1nn([C@@H]2CCS(=O)(=O)C2)c2nc(-c3ccccc3)cc(C(=O)NCCCn3ccnc3)c12. The number of carbonyl (C=O) groups is 1. The van der Waals surface area contributed by atoms with Crippen LogP contribution in [0, 0.1) is 6.92 Å². The van der Waals surface area contributed by atoms with E-state index in [2.05, 4.69) is 15.4 Å². The van der Waals surface area contributed by atoms with Crippen LogP contribution in [0.25, 0.3) is 22.3 Å². The molecule has 4 heterocycles. The van der Waals surface area contributed by atoms with Gasteiger partial charge in [-0.3, -0.25) is 4.79 Å². The molecule has 4 aromatic rings. The van der Waals surface area contributed by atoms with Crippen molar-refractivity contribution in [2.75, 3.05) is 18.1 Å². The topological polar surface area (TPSA) is 112 Å². The molecule has 9 nitrogen and oxygen atoms in total. The van der Waals surface area contributed by atoms with Gasteiger partial charge in [-0.1, -0.05) is 30.3 Å². The van der Waals surface area contributed by atoms with Gasteiger partial charge in [0.15, 0.2) is 15.5 Å². The largest absolute Gasteiger partial charge is 0.352 e. The number of amides is 1. The van der Waals surface area contributed by atoms with Crippen molar-refractivity contribution in [1.82, 2.24) is 29.6 Å². The minimum absolute atomic E-state index is 0.0379. The zero-order valence-corrected chi connectivity index (χ0v) is 19.7. The average molecular weight is 479 g/mol. The average Bonchev–Trinajstić information content (AvgIpc) is 3.56. The van der Waals surface area contributed by atoms with E-state index in [-0.39, 0.29) is 23.5 Å². The Morgan fingerprint density at radius 2 is 2.06 bits per heavy atom. The van der Waals surface area contributed by atoms with Crippen molar-refractivity contribution >= 4 is 26.8 Å². The molecule has 10 heteroatoms. The molecule has 1 fully saturated rings. The molecule has 176 valence electrons. The Morgan fingerprint density at radius 3 is 2.76 bits per heavy atom. The first-order chi connectivity index (χ1) is 16.4. The van der Waals surface area contributed by atoms with Gasteiger partial charge in [0, 0.05) is 31.0 Å². The molecule has 0 bridgehead atoms. The van der Waals surface area contributed by atoms with Gasteiger partial charge in [-0.15, -0.1) is 0 Å². The molecule has 1 saturated heterocycles. The summed E-state index contributed by atoms with van der Waals surface area (Å²) in [5.41, 5.74) is 3.23. The normalized spacial score (nSPS) is 17.3. The molecule has 1 amide bonds. The maximum absolute atomic E-state index is 13.3. The number of rotatable bonds is 7. The number of carbonyl (C=O) groups excluding carboxylic acids is 1. The van der Waals surface area contributed by atoms with Crippen molar-refractivity contribution in [3.63, 3.8) is 0 Å². The summed E-state index contributed by atoms with van der Waals surface area (Å²) in [7, 11) is -3.10. The van der Waals surface area contributed by atoms with Crippen LogP contribution in [0.4, 0.5) is 0 Å². The van der Waals surface area contributed by atoms with E-state index in [0.717, 1.165) is 18.5 Å². The summed E-state index contributed by atoms with van der Waals surface area (Å²) >= 11 is 0. The minimum atomic E-state index is -3.10. The fourth-order valence-corrected chi connectivity index (χ4v) is 6.14. The first-order valence-electron chi connectivity index (χ1n) is 11.3. The van der Waals surface area contributed by atoms with Crippen molar-refractivity contribution in [1.29, 1.82) is 0 Å². The number of fused-ring (bicyclic) bond motifs is 1. The van der Waals surface area contributed by atoms with Crippen LogP contribution in [0.5, 0.6) is 0 Å². The van der Waals surface area contributed by atoms with Gasteiger partial charge < -0.3 is 9.88 Å². The van der Waals surface area contributed by atoms with E-state index in [1.54, 1.807) is 23.3 Å². The number of imidazole rings is 1. The first kappa shape index (κ1) is 22.3. The Balaban J connectivity index is 1.51. The van der Waals surface area contributed by atoms with Crippen LogP contribution in [0.2, 0.25) is 0 Å². The van der Waals surface area contributed by atoms with E-state index in [9.17, 15) is 13.2 Å². The summed E-state index contributed by atoms with van der Waals surface area (Å²) in [5, 5.41) is 8.33. The molecule has 5 rings (SSSR count). The molecule has 1 aliphatic rings. The molecule has 34 heavy (non-hydrogen) atoms. The number of aryl methyl sites for hydroxylation is 2. The van der Waals surface area contributed by atoms with Gasteiger partial charge in [-0.05, 0) is 25.8 Å². The summed E-state index contributed by atoms with van der Waals surface area (Å²) in [6.07, 6.45) is 6.63. The predicted molar refractivity (Wildman–Crippen MR) is 129 cm³/mol. The molecule has 1 N–H and O–H groups in total. The van der Waals surface area contributed by atoms with E-state index in [0.29, 0.717) is 41.0 Å². The molecule has 1 aliphatic heterocycles. The summed E-state index contributed by atoms with van der Waals surface area (Å²) in [5.74, 6) is -0.0198. The fourth-order valence-electron chi connectivity index (χ4n) is 4.45. The molecule has 0 radical (unpaired) electrons. The number of nitrogens with zero attached hydrogens (tertiary/aromatic N) is 5. The van der Waals surface area contributed by atoms with E-state index in [1.165, 1.54) is 0 Å². The summed E-state index contributed by atoms with van der Waals surface area (Å²) in [6, 6.07) is 11.2. The lowest BCUT2D eigenvalue weighted by Crippen LogP contribution is -2.25. The van der Waals surface area contributed by atoms with Crippen molar-refractivity contribution < 1.29 is 13.2 Å². The number of hydrogen-bond donors (Lipinski definition) is 1. The highest BCUT2D eigenvalue weighted by atomic mass is 32.2. The number of benzene rings is 1. The third-order valence-electron chi connectivity index (χ3n) is 6.14. The molecule has 0 spiro atoms. The molecule has 1 atom stereocenters. The van der Waals surface area contributed by atoms with Crippen molar-refractivity contribution in [2.24, 2.45) is 0 Å². The van der Waals surface area contributed by atoms with Crippen LogP contribution in [0.3, 0.4) is 0 Å². The summed E-state index contributed by atoms with van der Waals surface area (Å²) < 4.78 is 27.9. The van der Waals surface area contributed by atoms with Gasteiger partial charge in [0.2, 0.25) is 0 Å². The van der Waals surface area contributed by atoms with Crippen LogP contribution in [0.1, 0.15) is 34.9 Å². The fraction of sp³-hybridized carbons (Fsp3) is 0.333. The van der Waals surface area contributed by atoms with E-state index in [4.69, 9.17) is 4.98 Å². The Kier molecular flexibility index (Phi) is 5.91. The molecule has 0 unspecified atom stereocenters. The maximum atomic E-state index is 13.3. The van der Waals surface area contributed by atoms with E-state index >= 15 is 0 Å². The monoisotopic (exact) mass is 478 g/mol. The highest BCUT2D eigenvalue weighted by Gasteiger charge is 2.32. The molecule has 3 aromatic heterocycles. The second-order valence-corrected chi connectivity index (χ2v) is 10.8. The van der Waals surface area contributed by atoms with Crippen molar-refractivity contribution in [3.8, 4) is 11.3 Å². The smallest absolute Gasteiger partial charge is 0.252 e.